The zero-order valence-electron chi connectivity index (χ0n) is 14.5. The number of amides is 2. The Balaban J connectivity index is 2.03. The third kappa shape index (κ3) is 4.59. The first-order valence-electron chi connectivity index (χ1n) is 8.24. The lowest BCUT2D eigenvalue weighted by molar-refractivity contribution is -0.137. The maximum Gasteiger partial charge on any atom is 0.416 e. The summed E-state index contributed by atoms with van der Waals surface area (Å²) in [6, 6.07) is 14.5. The van der Waals surface area contributed by atoms with Crippen LogP contribution in [0, 0.1) is 0 Å². The van der Waals surface area contributed by atoms with Gasteiger partial charge in [-0.05, 0) is 35.9 Å². The van der Waals surface area contributed by atoms with Gasteiger partial charge in [0, 0.05) is 11.8 Å². The molecule has 0 aliphatic carbocycles. The average molecular weight is 387 g/mol. The second-order valence-corrected chi connectivity index (χ2v) is 5.87. The normalized spacial score (nSPS) is 11.1. The van der Waals surface area contributed by atoms with Gasteiger partial charge in [0.25, 0.3) is 0 Å². The molecule has 2 amide bonds. The number of rotatable bonds is 5. The van der Waals surface area contributed by atoms with Crippen molar-refractivity contribution in [3.63, 3.8) is 0 Å². The predicted octanol–water partition coefficient (Wildman–Crippen LogP) is 4.84. The van der Waals surface area contributed by atoms with Crippen LogP contribution in [-0.2, 0) is 12.8 Å². The summed E-state index contributed by atoms with van der Waals surface area (Å²) < 4.78 is 45.3. The first kappa shape index (κ1) is 19.2. The predicted molar refractivity (Wildman–Crippen MR) is 98.7 cm³/mol. The van der Waals surface area contributed by atoms with Gasteiger partial charge in [-0.1, -0.05) is 30.3 Å². The minimum atomic E-state index is -4.56. The van der Waals surface area contributed by atoms with E-state index < -0.39 is 17.8 Å². The van der Waals surface area contributed by atoms with Gasteiger partial charge in [-0.2, -0.15) is 13.2 Å². The zero-order chi connectivity index (χ0) is 20.1. The largest absolute Gasteiger partial charge is 0.487 e. The van der Waals surface area contributed by atoms with Gasteiger partial charge >= 0.3 is 12.2 Å². The summed E-state index contributed by atoms with van der Waals surface area (Å²) >= 11 is 0. The summed E-state index contributed by atoms with van der Waals surface area (Å²) in [7, 11) is 0. The van der Waals surface area contributed by atoms with Crippen molar-refractivity contribution in [3.8, 4) is 17.0 Å². The fraction of sp³-hybridized carbons (Fsp3) is 0.100. The van der Waals surface area contributed by atoms with Crippen molar-refractivity contribution in [1.29, 1.82) is 0 Å². The minimum Gasteiger partial charge on any atom is -0.487 e. The molecule has 0 radical (unpaired) electrons. The molecule has 0 fully saturated rings. The van der Waals surface area contributed by atoms with E-state index >= 15 is 0 Å². The number of carbonyl (C=O) groups excluding carboxylic acids is 1. The number of pyridine rings is 1. The average Bonchev–Trinajstić information content (AvgIpc) is 2.66. The highest BCUT2D eigenvalue weighted by Gasteiger charge is 2.31. The fourth-order valence-electron chi connectivity index (χ4n) is 2.60. The van der Waals surface area contributed by atoms with Crippen molar-refractivity contribution >= 4 is 11.7 Å². The molecule has 1 aromatic heterocycles. The molecular weight excluding hydrogens is 371 g/mol. The lowest BCUT2D eigenvalue weighted by Gasteiger charge is -2.16. The lowest BCUT2D eigenvalue weighted by Crippen LogP contribution is -2.20. The maximum absolute atomic E-state index is 13.2. The molecule has 0 aliphatic rings. The molecule has 8 heteroatoms. The van der Waals surface area contributed by atoms with Crippen molar-refractivity contribution in [3.05, 3.63) is 78.0 Å². The Hall–Kier alpha value is -3.55. The molecule has 0 unspecified atom stereocenters. The van der Waals surface area contributed by atoms with Crippen LogP contribution in [0.3, 0.4) is 0 Å². The molecule has 3 N–H and O–H groups in total. The first-order chi connectivity index (χ1) is 13.3. The third-order valence-electron chi connectivity index (χ3n) is 3.87. The van der Waals surface area contributed by atoms with Crippen LogP contribution in [0.5, 0.6) is 5.75 Å². The summed E-state index contributed by atoms with van der Waals surface area (Å²) in [6.45, 7) is 0.205. The number of primary amides is 1. The second-order valence-electron chi connectivity index (χ2n) is 5.87. The van der Waals surface area contributed by atoms with Gasteiger partial charge in [0.15, 0.2) is 0 Å². The van der Waals surface area contributed by atoms with Crippen molar-refractivity contribution < 1.29 is 22.7 Å². The molecule has 144 valence electrons. The van der Waals surface area contributed by atoms with E-state index in [1.54, 1.807) is 12.1 Å². The molecular formula is C20H16F3N3O2. The van der Waals surface area contributed by atoms with Crippen LogP contribution in [0.15, 0.2) is 66.9 Å². The standard InChI is InChI=1S/C20H16F3N3O2/c21-20(22,23)14-8-9-16(26-19(24)27)15(11-14)18-17(7-4-10-25-18)28-12-13-5-2-1-3-6-13/h1-11H,12H2,(H3,24,26,27). The van der Waals surface area contributed by atoms with Gasteiger partial charge < -0.3 is 15.8 Å². The number of nitrogens with one attached hydrogen (secondary N) is 1. The molecule has 3 aromatic rings. The summed E-state index contributed by atoms with van der Waals surface area (Å²) in [6.07, 6.45) is -3.13. The molecule has 0 atom stereocenters. The van der Waals surface area contributed by atoms with Crippen LogP contribution in [0.1, 0.15) is 11.1 Å². The van der Waals surface area contributed by atoms with E-state index in [1.165, 1.54) is 6.20 Å². The van der Waals surface area contributed by atoms with E-state index in [0.29, 0.717) is 0 Å². The van der Waals surface area contributed by atoms with Crippen LogP contribution in [-0.4, -0.2) is 11.0 Å². The van der Waals surface area contributed by atoms with Gasteiger partial charge in [0.05, 0.1) is 11.3 Å². The highest BCUT2D eigenvalue weighted by Crippen LogP contribution is 2.38. The van der Waals surface area contributed by atoms with E-state index in [-0.39, 0.29) is 29.3 Å². The van der Waals surface area contributed by atoms with Gasteiger partial charge in [0.1, 0.15) is 18.1 Å². The van der Waals surface area contributed by atoms with Crippen LogP contribution >= 0.6 is 0 Å². The number of ether oxygens (including phenoxy) is 1. The minimum absolute atomic E-state index is 0.0530. The Morgan fingerprint density at radius 1 is 1.07 bits per heavy atom. The molecule has 0 aliphatic heterocycles. The number of anilines is 1. The van der Waals surface area contributed by atoms with Crippen LogP contribution < -0.4 is 15.8 Å². The van der Waals surface area contributed by atoms with Crippen molar-refractivity contribution in [2.45, 2.75) is 12.8 Å². The fourth-order valence-corrected chi connectivity index (χ4v) is 2.60. The molecule has 2 aromatic carbocycles. The maximum atomic E-state index is 13.2. The van der Waals surface area contributed by atoms with Crippen LogP contribution in [0.4, 0.5) is 23.7 Å². The van der Waals surface area contributed by atoms with Gasteiger partial charge in [0.2, 0.25) is 0 Å². The molecule has 28 heavy (non-hydrogen) atoms. The second kappa shape index (κ2) is 7.99. The quantitative estimate of drug-likeness (QED) is 0.658. The number of hydrogen-bond acceptors (Lipinski definition) is 3. The first-order valence-corrected chi connectivity index (χ1v) is 8.24. The van der Waals surface area contributed by atoms with Crippen molar-refractivity contribution in [2.24, 2.45) is 5.73 Å². The van der Waals surface area contributed by atoms with Gasteiger partial charge in [-0.3, -0.25) is 4.98 Å². The molecule has 0 saturated heterocycles. The van der Waals surface area contributed by atoms with Crippen molar-refractivity contribution in [1.82, 2.24) is 4.98 Å². The molecule has 0 spiro atoms. The lowest BCUT2D eigenvalue weighted by atomic mass is 10.0. The van der Waals surface area contributed by atoms with Gasteiger partial charge in [-0.15, -0.1) is 0 Å². The van der Waals surface area contributed by atoms with E-state index in [2.05, 4.69) is 10.3 Å². The van der Waals surface area contributed by atoms with Crippen LogP contribution in [0.25, 0.3) is 11.3 Å². The number of nitrogens with zero attached hydrogens (tertiary/aromatic N) is 1. The number of aromatic nitrogens is 1. The SMILES string of the molecule is NC(=O)Nc1ccc(C(F)(F)F)cc1-c1ncccc1OCc1ccccc1. The number of nitrogens with two attached hydrogens (primary N) is 1. The Labute approximate surface area is 159 Å². The molecule has 0 bridgehead atoms. The monoisotopic (exact) mass is 387 g/mol. The number of carbonyl (C=O) groups is 1. The Kier molecular flexibility index (Phi) is 5.49. The summed E-state index contributed by atoms with van der Waals surface area (Å²) in [5.74, 6) is 0.276. The number of alkyl halides is 3. The molecule has 5 nitrogen and oxygen atoms in total. The molecule has 3 rings (SSSR count). The smallest absolute Gasteiger partial charge is 0.416 e. The van der Waals surface area contributed by atoms with E-state index in [9.17, 15) is 18.0 Å². The number of hydrogen-bond donors (Lipinski definition) is 2. The van der Waals surface area contributed by atoms with Gasteiger partial charge in [-0.25, -0.2) is 4.79 Å². The summed E-state index contributed by atoms with van der Waals surface area (Å²) in [5.41, 5.74) is 5.47. The Morgan fingerprint density at radius 3 is 2.50 bits per heavy atom. The molecule has 1 heterocycles. The number of benzene rings is 2. The topological polar surface area (TPSA) is 77.2 Å². The van der Waals surface area contributed by atoms with E-state index in [1.807, 2.05) is 30.3 Å². The van der Waals surface area contributed by atoms with E-state index in [0.717, 1.165) is 23.8 Å². The highest BCUT2D eigenvalue weighted by atomic mass is 19.4. The number of urea groups is 1. The third-order valence-corrected chi connectivity index (χ3v) is 3.87. The number of halogens is 3. The highest BCUT2D eigenvalue weighted by molar-refractivity contribution is 5.94. The van der Waals surface area contributed by atoms with Crippen LogP contribution in [0.2, 0.25) is 0 Å². The molecule has 0 saturated carbocycles. The van der Waals surface area contributed by atoms with E-state index in [4.69, 9.17) is 10.5 Å². The Bertz CT molecular complexity index is 976. The summed E-state index contributed by atoms with van der Waals surface area (Å²) in [5, 5.41) is 2.33. The van der Waals surface area contributed by atoms with Crippen molar-refractivity contribution in [2.75, 3.05) is 5.32 Å². The summed E-state index contributed by atoms with van der Waals surface area (Å²) in [4.78, 5) is 15.4. The zero-order valence-corrected chi connectivity index (χ0v) is 14.5. The Morgan fingerprint density at radius 2 is 1.82 bits per heavy atom.